The number of amides is 2. The molecule has 3 aromatic rings. The van der Waals surface area contributed by atoms with Crippen molar-refractivity contribution < 1.29 is 19.1 Å². The second kappa shape index (κ2) is 9.79. The van der Waals surface area contributed by atoms with Crippen LogP contribution in [0.5, 0.6) is 11.5 Å². The topological polar surface area (TPSA) is 55.8 Å². The molecule has 1 saturated heterocycles. The van der Waals surface area contributed by atoms with Crippen molar-refractivity contribution in [2.24, 2.45) is 0 Å². The molecular formula is C25H22BrNO4S. The molecule has 32 heavy (non-hydrogen) atoms. The summed E-state index contributed by atoms with van der Waals surface area (Å²) >= 11 is 4.47. The average molecular weight is 512 g/mol. The normalized spacial score (nSPS) is 15.1. The first-order chi connectivity index (χ1) is 15.5. The second-order valence-electron chi connectivity index (χ2n) is 7.10. The minimum absolute atomic E-state index is 0.237. The van der Waals surface area contributed by atoms with Crippen LogP contribution in [-0.4, -0.2) is 29.3 Å². The molecule has 4 rings (SSSR count). The maximum Gasteiger partial charge on any atom is 0.293 e. The number of halogens is 1. The molecule has 1 heterocycles. The lowest BCUT2D eigenvalue weighted by atomic mass is 10.0. The van der Waals surface area contributed by atoms with Crippen molar-refractivity contribution >= 4 is 55.7 Å². The van der Waals surface area contributed by atoms with E-state index in [4.69, 9.17) is 9.47 Å². The fourth-order valence-electron chi connectivity index (χ4n) is 3.61. The van der Waals surface area contributed by atoms with Crippen LogP contribution in [0, 0.1) is 0 Å². The zero-order valence-electron chi connectivity index (χ0n) is 17.8. The van der Waals surface area contributed by atoms with Gasteiger partial charge in [0.1, 0.15) is 0 Å². The maximum atomic E-state index is 13.1. The minimum Gasteiger partial charge on any atom is -0.490 e. The number of hydrogen-bond donors (Lipinski definition) is 0. The molecule has 0 N–H and O–H groups in total. The Morgan fingerprint density at radius 1 is 1.00 bits per heavy atom. The van der Waals surface area contributed by atoms with Crippen molar-refractivity contribution in [2.45, 2.75) is 20.4 Å². The van der Waals surface area contributed by atoms with Crippen LogP contribution in [0.25, 0.3) is 16.8 Å². The second-order valence-corrected chi connectivity index (χ2v) is 8.95. The monoisotopic (exact) mass is 511 g/mol. The van der Waals surface area contributed by atoms with Crippen molar-refractivity contribution in [2.75, 3.05) is 13.2 Å². The third kappa shape index (κ3) is 4.54. The van der Waals surface area contributed by atoms with Gasteiger partial charge in [-0.25, -0.2) is 0 Å². The first-order valence-electron chi connectivity index (χ1n) is 10.3. The number of hydrogen-bond acceptors (Lipinski definition) is 5. The van der Waals surface area contributed by atoms with Crippen molar-refractivity contribution in [1.29, 1.82) is 0 Å². The largest absolute Gasteiger partial charge is 0.490 e. The molecule has 3 aromatic carbocycles. The highest BCUT2D eigenvalue weighted by atomic mass is 79.9. The Morgan fingerprint density at radius 2 is 1.75 bits per heavy atom. The molecule has 0 atom stereocenters. The van der Waals surface area contributed by atoms with Gasteiger partial charge in [0.25, 0.3) is 11.1 Å². The van der Waals surface area contributed by atoms with Gasteiger partial charge >= 0.3 is 0 Å². The lowest BCUT2D eigenvalue weighted by molar-refractivity contribution is -0.123. The molecule has 0 aromatic heterocycles. The van der Waals surface area contributed by atoms with Crippen molar-refractivity contribution in [3.8, 4) is 11.5 Å². The quantitative estimate of drug-likeness (QED) is 0.333. The van der Waals surface area contributed by atoms with E-state index in [2.05, 4.69) is 15.9 Å². The Labute approximate surface area is 199 Å². The van der Waals surface area contributed by atoms with Crippen LogP contribution in [0.1, 0.15) is 25.0 Å². The molecule has 7 heteroatoms. The third-order valence-corrected chi connectivity index (χ3v) is 6.50. The fourth-order valence-corrected chi connectivity index (χ4v) is 5.02. The van der Waals surface area contributed by atoms with Gasteiger partial charge in [-0.3, -0.25) is 14.5 Å². The molecule has 1 fully saturated rings. The van der Waals surface area contributed by atoms with Crippen LogP contribution in [0.4, 0.5) is 4.79 Å². The summed E-state index contributed by atoms with van der Waals surface area (Å²) in [7, 11) is 0. The summed E-state index contributed by atoms with van der Waals surface area (Å²) in [6, 6.07) is 17.5. The number of imide groups is 1. The molecule has 0 aliphatic carbocycles. The van der Waals surface area contributed by atoms with E-state index in [9.17, 15) is 9.59 Å². The lowest BCUT2D eigenvalue weighted by Gasteiger charge is -2.14. The van der Waals surface area contributed by atoms with E-state index < -0.39 is 0 Å². The van der Waals surface area contributed by atoms with Gasteiger partial charge in [0.2, 0.25) is 0 Å². The van der Waals surface area contributed by atoms with E-state index in [-0.39, 0.29) is 17.7 Å². The molecular weight excluding hydrogens is 490 g/mol. The predicted molar refractivity (Wildman–Crippen MR) is 132 cm³/mol. The van der Waals surface area contributed by atoms with Gasteiger partial charge < -0.3 is 9.47 Å². The summed E-state index contributed by atoms with van der Waals surface area (Å²) in [5.41, 5.74) is 1.69. The van der Waals surface area contributed by atoms with Crippen LogP contribution in [-0.2, 0) is 11.3 Å². The smallest absolute Gasteiger partial charge is 0.293 e. The molecule has 1 aliphatic heterocycles. The predicted octanol–water partition coefficient (Wildman–Crippen LogP) is 6.64. The van der Waals surface area contributed by atoms with Crippen LogP contribution in [0.15, 0.2) is 64.0 Å². The van der Waals surface area contributed by atoms with Crippen molar-refractivity contribution in [3.05, 3.63) is 75.1 Å². The molecule has 0 unspecified atom stereocenters. The first-order valence-corrected chi connectivity index (χ1v) is 11.9. The number of rotatable bonds is 7. The summed E-state index contributed by atoms with van der Waals surface area (Å²) in [4.78, 5) is 27.4. The van der Waals surface area contributed by atoms with Crippen molar-refractivity contribution in [1.82, 2.24) is 4.90 Å². The molecule has 0 bridgehead atoms. The standard InChI is InChI=1S/C25H22BrNO4S/c1-3-30-21-13-16(12-20(26)23(21)31-4-2)14-22-24(28)27(25(29)32-22)15-18-10-7-9-17-8-5-6-11-19(17)18/h5-14H,3-4,15H2,1-2H3/b22-14-. The Morgan fingerprint density at radius 3 is 2.53 bits per heavy atom. The van der Waals surface area contributed by atoms with Gasteiger partial charge in [0.15, 0.2) is 11.5 Å². The Hall–Kier alpha value is -2.77. The number of benzene rings is 3. The van der Waals surface area contributed by atoms with Gasteiger partial charge in [-0.05, 0) is 81.6 Å². The fraction of sp³-hybridized carbons (Fsp3) is 0.200. The van der Waals surface area contributed by atoms with E-state index in [1.54, 1.807) is 6.08 Å². The van der Waals surface area contributed by atoms with Gasteiger partial charge in [-0.1, -0.05) is 42.5 Å². The van der Waals surface area contributed by atoms with Crippen LogP contribution in [0.3, 0.4) is 0 Å². The van der Waals surface area contributed by atoms with E-state index in [0.717, 1.165) is 38.1 Å². The number of thioether (sulfide) groups is 1. The van der Waals surface area contributed by atoms with Gasteiger partial charge in [-0.15, -0.1) is 0 Å². The maximum absolute atomic E-state index is 13.1. The molecule has 2 amide bonds. The summed E-state index contributed by atoms with van der Waals surface area (Å²) in [5.74, 6) is 0.913. The van der Waals surface area contributed by atoms with Gasteiger partial charge in [0.05, 0.1) is 29.1 Å². The lowest BCUT2D eigenvalue weighted by Crippen LogP contribution is -2.27. The highest BCUT2D eigenvalue weighted by molar-refractivity contribution is 9.10. The highest BCUT2D eigenvalue weighted by Gasteiger charge is 2.35. The van der Waals surface area contributed by atoms with E-state index in [0.29, 0.717) is 29.6 Å². The Balaban J connectivity index is 1.62. The minimum atomic E-state index is -0.295. The highest BCUT2D eigenvalue weighted by Crippen LogP contribution is 2.39. The van der Waals surface area contributed by atoms with Gasteiger partial charge in [-0.2, -0.15) is 0 Å². The Bertz CT molecular complexity index is 1220. The summed E-state index contributed by atoms with van der Waals surface area (Å²) in [6.07, 6.45) is 1.72. The SMILES string of the molecule is CCOc1cc(/C=C2\SC(=O)N(Cc3cccc4ccccc34)C2=O)cc(Br)c1OCC. The zero-order valence-corrected chi connectivity index (χ0v) is 20.2. The third-order valence-electron chi connectivity index (χ3n) is 5.00. The number of carbonyl (C=O) groups is 2. The number of fused-ring (bicyclic) bond motifs is 1. The zero-order chi connectivity index (χ0) is 22.7. The molecule has 0 radical (unpaired) electrons. The molecule has 164 valence electrons. The van der Waals surface area contributed by atoms with Gasteiger partial charge in [0, 0.05) is 0 Å². The van der Waals surface area contributed by atoms with E-state index in [1.807, 2.05) is 68.4 Å². The first kappa shape index (κ1) is 22.4. The molecule has 1 aliphatic rings. The summed E-state index contributed by atoms with van der Waals surface area (Å²) in [5, 5.41) is 1.84. The van der Waals surface area contributed by atoms with E-state index >= 15 is 0 Å². The van der Waals surface area contributed by atoms with Crippen LogP contribution < -0.4 is 9.47 Å². The number of carbonyl (C=O) groups excluding carboxylic acids is 2. The number of ether oxygens (including phenoxy) is 2. The van der Waals surface area contributed by atoms with Crippen LogP contribution >= 0.6 is 27.7 Å². The molecule has 0 spiro atoms. The van der Waals surface area contributed by atoms with Crippen LogP contribution in [0.2, 0.25) is 0 Å². The number of nitrogens with zero attached hydrogens (tertiary/aromatic N) is 1. The average Bonchev–Trinajstić information content (AvgIpc) is 3.04. The summed E-state index contributed by atoms with van der Waals surface area (Å²) < 4.78 is 12.1. The Kier molecular flexibility index (Phi) is 6.86. The molecule has 0 saturated carbocycles. The summed E-state index contributed by atoms with van der Waals surface area (Å²) in [6.45, 7) is 5.03. The molecule has 5 nitrogen and oxygen atoms in total. The van der Waals surface area contributed by atoms with Crippen molar-refractivity contribution in [3.63, 3.8) is 0 Å². The van der Waals surface area contributed by atoms with E-state index in [1.165, 1.54) is 4.90 Å².